The number of para-hydroxylation sites is 2. The number of aromatic nitrogens is 2. The first-order chi connectivity index (χ1) is 32.8. The van der Waals surface area contributed by atoms with Crippen molar-refractivity contribution in [2.75, 3.05) is 0 Å². The number of nitriles is 1. The molecule has 2 heterocycles. The van der Waals surface area contributed by atoms with Crippen molar-refractivity contribution in [1.29, 1.82) is 5.26 Å². The van der Waals surface area contributed by atoms with E-state index in [1.54, 1.807) is 24.3 Å². The minimum absolute atomic E-state index is 0.249. The number of aryl methyl sites for hydroxylation is 2. The first kappa shape index (κ1) is 42.3. The highest BCUT2D eigenvalue weighted by molar-refractivity contribution is 6.13. The van der Waals surface area contributed by atoms with Crippen LogP contribution in [0.1, 0.15) is 27.8 Å². The van der Waals surface area contributed by atoms with Crippen LogP contribution in [0.25, 0.3) is 99.5 Å². The maximum absolute atomic E-state index is 14.9. The van der Waals surface area contributed by atoms with E-state index < -0.39 is 29.0 Å². The predicted molar refractivity (Wildman–Crippen MR) is 261 cm³/mol. The highest BCUT2D eigenvalue weighted by Gasteiger charge is 2.41. The van der Waals surface area contributed by atoms with Gasteiger partial charge in [0.05, 0.1) is 56.2 Å². The summed E-state index contributed by atoms with van der Waals surface area (Å²) < 4.78 is 93.7. The first-order valence-corrected chi connectivity index (χ1v) is 21.9. The van der Waals surface area contributed by atoms with E-state index in [2.05, 4.69) is 59.2 Å². The molecule has 0 N–H and O–H groups in total. The van der Waals surface area contributed by atoms with Gasteiger partial charge in [0.25, 0.3) is 0 Å². The van der Waals surface area contributed by atoms with Crippen LogP contribution < -0.4 is 0 Å². The van der Waals surface area contributed by atoms with Crippen LogP contribution in [0.2, 0.25) is 0 Å². The molecule has 11 rings (SSSR count). The lowest BCUT2D eigenvalue weighted by molar-refractivity contribution is -0.142. The van der Waals surface area contributed by atoms with Crippen LogP contribution in [-0.2, 0) is 12.4 Å². The minimum atomic E-state index is -5.12. The first-order valence-electron chi connectivity index (χ1n) is 21.9. The molecule has 0 radical (unpaired) electrons. The van der Waals surface area contributed by atoms with Crippen LogP contribution in [0, 0.1) is 25.2 Å². The Morgan fingerprint density at radius 2 is 0.794 bits per heavy atom. The fraction of sp³-hybridized carbons (Fsp3) is 0.0678. The Morgan fingerprint density at radius 1 is 0.382 bits per heavy atom. The molecular formula is C59H37F6N3. The van der Waals surface area contributed by atoms with Gasteiger partial charge in [-0.1, -0.05) is 120 Å². The summed E-state index contributed by atoms with van der Waals surface area (Å²) in [5, 5.41) is 14.1. The molecule has 0 saturated carbocycles. The summed E-state index contributed by atoms with van der Waals surface area (Å²) in [5.41, 5.74) is 7.37. The summed E-state index contributed by atoms with van der Waals surface area (Å²) in [4.78, 5) is 0. The second kappa shape index (κ2) is 15.9. The van der Waals surface area contributed by atoms with Crippen molar-refractivity contribution < 1.29 is 26.3 Å². The number of fused-ring (bicyclic) bond motifs is 6. The van der Waals surface area contributed by atoms with E-state index >= 15 is 0 Å². The van der Waals surface area contributed by atoms with E-state index in [1.807, 2.05) is 103 Å². The Kier molecular flexibility index (Phi) is 9.90. The lowest BCUT2D eigenvalue weighted by atomic mass is 9.90. The van der Waals surface area contributed by atoms with Crippen LogP contribution in [0.5, 0.6) is 0 Å². The number of rotatable bonds is 6. The summed E-state index contributed by atoms with van der Waals surface area (Å²) in [5.74, 6) is 0. The van der Waals surface area contributed by atoms with Crippen LogP contribution >= 0.6 is 0 Å². The number of benzene rings is 9. The number of halogens is 6. The fourth-order valence-corrected chi connectivity index (χ4v) is 9.77. The number of nitrogens with zero attached hydrogens (tertiary/aromatic N) is 3. The number of hydrogen-bond donors (Lipinski definition) is 0. The largest absolute Gasteiger partial charge is 0.417 e. The lowest BCUT2D eigenvalue weighted by Gasteiger charge is -2.22. The van der Waals surface area contributed by atoms with Gasteiger partial charge in [-0.25, -0.2) is 0 Å². The maximum Gasteiger partial charge on any atom is 0.417 e. The van der Waals surface area contributed by atoms with Crippen LogP contribution in [0.15, 0.2) is 188 Å². The Labute approximate surface area is 387 Å². The average molecular weight is 902 g/mol. The highest BCUT2D eigenvalue weighted by Crippen LogP contribution is 2.48. The monoisotopic (exact) mass is 901 g/mol. The van der Waals surface area contributed by atoms with Crippen molar-refractivity contribution in [3.63, 3.8) is 0 Å². The smallest absolute Gasteiger partial charge is 0.309 e. The normalized spacial score (nSPS) is 12.1. The van der Waals surface area contributed by atoms with Crippen molar-refractivity contribution >= 4 is 43.6 Å². The zero-order valence-electron chi connectivity index (χ0n) is 36.5. The summed E-state index contributed by atoms with van der Waals surface area (Å²) in [7, 11) is 0. The average Bonchev–Trinajstić information content (AvgIpc) is 3.85. The third kappa shape index (κ3) is 7.08. The fourth-order valence-electron chi connectivity index (χ4n) is 9.77. The highest BCUT2D eigenvalue weighted by atomic mass is 19.4. The molecule has 9 aromatic carbocycles. The third-order valence-electron chi connectivity index (χ3n) is 13.0. The Bertz CT molecular complexity index is 3810. The molecule has 0 amide bonds. The van der Waals surface area contributed by atoms with E-state index in [4.69, 9.17) is 0 Å². The van der Waals surface area contributed by atoms with Crippen LogP contribution in [0.4, 0.5) is 26.3 Å². The molecule has 3 nitrogen and oxygen atoms in total. The summed E-state index contributed by atoms with van der Waals surface area (Å²) in [6.45, 7) is 4.06. The standard InChI is InChI=1S/C59H37F6N3/c1-35-14-19-38(20-15-35)40-23-27-54-46(31-40)43-8-3-5-12-51(43)67(54)53-26-18-37(34-66)30-45(53)48-33-42(57-49(58(60,61)62)10-7-11-50(57)59(63,64)65)25-29-56(48)68-52-13-6-4-9-44(52)47-32-41(24-28-55(47)68)39-21-16-36(2)17-22-39/h3-33H,1-2H3. The molecule has 68 heavy (non-hydrogen) atoms. The molecule has 2 aromatic heterocycles. The Morgan fingerprint density at radius 3 is 1.26 bits per heavy atom. The van der Waals surface area contributed by atoms with Gasteiger partial charge in [0.15, 0.2) is 0 Å². The van der Waals surface area contributed by atoms with E-state index in [0.29, 0.717) is 34.6 Å². The summed E-state index contributed by atoms with van der Waals surface area (Å²) >= 11 is 0. The Balaban J connectivity index is 1.25. The van der Waals surface area contributed by atoms with E-state index in [0.717, 1.165) is 83.1 Å². The molecule has 9 heteroatoms. The second-order valence-corrected chi connectivity index (χ2v) is 17.2. The molecule has 0 saturated heterocycles. The van der Waals surface area contributed by atoms with Crippen LogP contribution in [-0.4, -0.2) is 9.13 Å². The van der Waals surface area contributed by atoms with Crippen molar-refractivity contribution in [1.82, 2.24) is 9.13 Å². The predicted octanol–water partition coefficient (Wildman–Crippen LogP) is 17.1. The summed E-state index contributed by atoms with van der Waals surface area (Å²) in [6, 6.07) is 58.3. The van der Waals surface area contributed by atoms with Gasteiger partial charge in [-0.05, 0) is 121 Å². The van der Waals surface area contributed by atoms with Crippen molar-refractivity contribution in [2.45, 2.75) is 26.2 Å². The zero-order valence-corrected chi connectivity index (χ0v) is 36.5. The molecule has 0 spiro atoms. The lowest BCUT2D eigenvalue weighted by Crippen LogP contribution is -2.14. The van der Waals surface area contributed by atoms with E-state index in [9.17, 15) is 31.6 Å². The molecule has 0 aliphatic heterocycles. The maximum atomic E-state index is 14.9. The van der Waals surface area contributed by atoms with Gasteiger partial charge in [-0.2, -0.15) is 31.6 Å². The molecule has 0 aliphatic rings. The molecule has 330 valence electrons. The van der Waals surface area contributed by atoms with Crippen molar-refractivity contribution in [2.24, 2.45) is 0 Å². The van der Waals surface area contributed by atoms with Gasteiger partial charge in [0.2, 0.25) is 0 Å². The quantitative estimate of drug-likeness (QED) is 0.153. The van der Waals surface area contributed by atoms with Gasteiger partial charge in [-0.15, -0.1) is 0 Å². The van der Waals surface area contributed by atoms with E-state index in [1.165, 1.54) is 12.1 Å². The van der Waals surface area contributed by atoms with Gasteiger partial charge in [0, 0.05) is 38.2 Å². The van der Waals surface area contributed by atoms with Crippen molar-refractivity contribution in [3.8, 4) is 62.0 Å². The minimum Gasteiger partial charge on any atom is -0.309 e. The molecule has 0 aliphatic carbocycles. The third-order valence-corrected chi connectivity index (χ3v) is 13.0. The molecule has 0 bridgehead atoms. The molecule has 0 atom stereocenters. The number of alkyl halides is 6. The van der Waals surface area contributed by atoms with Gasteiger partial charge < -0.3 is 9.13 Å². The van der Waals surface area contributed by atoms with Crippen molar-refractivity contribution in [3.05, 3.63) is 216 Å². The molecule has 0 unspecified atom stereocenters. The van der Waals surface area contributed by atoms with Gasteiger partial charge in [-0.3, -0.25) is 0 Å². The van der Waals surface area contributed by atoms with Crippen LogP contribution in [0.3, 0.4) is 0 Å². The SMILES string of the molecule is Cc1ccc(-c2ccc3c(c2)c2ccccc2n3-c2ccc(C#N)cc2-c2cc(-c3c(C(F)(F)F)cccc3C(F)(F)F)ccc2-n2c3ccccc3c3cc(-c4ccc(C)cc4)ccc32)cc1. The molecule has 11 aromatic rings. The number of hydrogen-bond acceptors (Lipinski definition) is 1. The van der Waals surface area contributed by atoms with Gasteiger partial charge in [0.1, 0.15) is 0 Å². The topological polar surface area (TPSA) is 33.6 Å². The van der Waals surface area contributed by atoms with Gasteiger partial charge >= 0.3 is 12.4 Å². The van der Waals surface area contributed by atoms with E-state index in [-0.39, 0.29) is 11.1 Å². The molecule has 0 fully saturated rings. The zero-order chi connectivity index (χ0) is 47.1. The second-order valence-electron chi connectivity index (χ2n) is 17.2. The summed E-state index contributed by atoms with van der Waals surface area (Å²) in [6.07, 6.45) is -10.2. The Hall–Kier alpha value is -8.35. The molecular weight excluding hydrogens is 865 g/mol.